The first-order valence-corrected chi connectivity index (χ1v) is 5.87. The van der Waals surface area contributed by atoms with Gasteiger partial charge in [-0.3, -0.25) is 4.68 Å². The summed E-state index contributed by atoms with van der Waals surface area (Å²) in [4.78, 5) is 0. The Hall–Kier alpha value is -0.830. The summed E-state index contributed by atoms with van der Waals surface area (Å²) in [7, 11) is 0. The highest BCUT2D eigenvalue weighted by Gasteiger charge is 2.13. The molecule has 1 aromatic heterocycles. The summed E-state index contributed by atoms with van der Waals surface area (Å²) in [6, 6.07) is 2.52. The van der Waals surface area contributed by atoms with Gasteiger partial charge in [-0.15, -0.1) is 0 Å². The van der Waals surface area contributed by atoms with E-state index in [4.69, 9.17) is 0 Å². The van der Waals surface area contributed by atoms with Crippen molar-refractivity contribution in [2.45, 2.75) is 40.2 Å². The summed E-state index contributed by atoms with van der Waals surface area (Å²) >= 11 is 0. The minimum absolute atomic E-state index is 0.461. The molecule has 0 spiro atoms. The third-order valence-corrected chi connectivity index (χ3v) is 2.88. The smallest absolute Gasteiger partial charge is 0.0593 e. The predicted molar refractivity (Wildman–Crippen MR) is 64.0 cm³/mol. The van der Waals surface area contributed by atoms with Crippen LogP contribution in [0.2, 0.25) is 0 Å². The van der Waals surface area contributed by atoms with E-state index in [0.717, 1.165) is 18.8 Å². The maximum Gasteiger partial charge on any atom is 0.0593 e. The molecule has 1 heterocycles. The van der Waals surface area contributed by atoms with E-state index in [1.54, 1.807) is 0 Å². The largest absolute Gasteiger partial charge is 0.316 e. The topological polar surface area (TPSA) is 29.9 Å². The van der Waals surface area contributed by atoms with Crippen LogP contribution >= 0.6 is 0 Å². The normalized spacial score (nSPS) is 15.2. The number of aromatic nitrogens is 2. The van der Waals surface area contributed by atoms with Crippen molar-refractivity contribution in [2.75, 3.05) is 13.1 Å². The van der Waals surface area contributed by atoms with Crippen LogP contribution in [0.3, 0.4) is 0 Å². The summed E-state index contributed by atoms with van der Waals surface area (Å²) in [5.74, 6) is 0.607. The van der Waals surface area contributed by atoms with Crippen LogP contribution in [-0.2, 0) is 0 Å². The number of rotatable bonds is 6. The average molecular weight is 209 g/mol. The van der Waals surface area contributed by atoms with Crippen LogP contribution in [0.5, 0.6) is 0 Å². The molecule has 3 heteroatoms. The Bertz CT molecular complexity index is 280. The summed E-state index contributed by atoms with van der Waals surface area (Å²) < 4.78 is 2.06. The quantitative estimate of drug-likeness (QED) is 0.729. The highest BCUT2D eigenvalue weighted by Crippen LogP contribution is 2.15. The van der Waals surface area contributed by atoms with Crippen molar-refractivity contribution in [1.29, 1.82) is 0 Å². The van der Waals surface area contributed by atoms with Crippen molar-refractivity contribution in [3.8, 4) is 0 Å². The Morgan fingerprint density at radius 1 is 1.47 bits per heavy atom. The molecule has 86 valence electrons. The zero-order valence-electron chi connectivity index (χ0n) is 10.3. The summed E-state index contributed by atoms with van der Waals surface area (Å²) in [5.41, 5.74) is 1.09. The first kappa shape index (κ1) is 12.2. The molecule has 3 nitrogen and oxygen atoms in total. The van der Waals surface area contributed by atoms with Crippen LogP contribution in [0.1, 0.15) is 38.9 Å². The summed E-state index contributed by atoms with van der Waals surface area (Å²) in [5, 5.41) is 7.90. The lowest BCUT2D eigenvalue weighted by atomic mass is 10.0. The molecule has 0 fully saturated rings. The first-order chi connectivity index (χ1) is 7.15. The van der Waals surface area contributed by atoms with Gasteiger partial charge in [-0.25, -0.2) is 0 Å². The molecule has 2 atom stereocenters. The Morgan fingerprint density at radius 2 is 2.20 bits per heavy atom. The SMILES string of the molecule is CCCNCC(C)C(C)n1ccc(C)n1. The van der Waals surface area contributed by atoms with Gasteiger partial charge in [0.1, 0.15) is 0 Å². The van der Waals surface area contributed by atoms with Crippen LogP contribution in [-0.4, -0.2) is 22.9 Å². The van der Waals surface area contributed by atoms with E-state index < -0.39 is 0 Å². The minimum atomic E-state index is 0.461. The van der Waals surface area contributed by atoms with E-state index in [1.165, 1.54) is 6.42 Å². The number of nitrogens with zero attached hydrogens (tertiary/aromatic N) is 2. The van der Waals surface area contributed by atoms with Gasteiger partial charge in [-0.2, -0.15) is 5.10 Å². The van der Waals surface area contributed by atoms with Gasteiger partial charge in [0.25, 0.3) is 0 Å². The minimum Gasteiger partial charge on any atom is -0.316 e. The third-order valence-electron chi connectivity index (χ3n) is 2.88. The molecular weight excluding hydrogens is 186 g/mol. The van der Waals surface area contributed by atoms with Crippen molar-refractivity contribution in [3.63, 3.8) is 0 Å². The number of hydrogen-bond acceptors (Lipinski definition) is 2. The second-order valence-corrected chi connectivity index (χ2v) is 4.36. The Labute approximate surface area is 92.9 Å². The van der Waals surface area contributed by atoms with Crippen molar-refractivity contribution in [3.05, 3.63) is 18.0 Å². The third kappa shape index (κ3) is 3.67. The zero-order chi connectivity index (χ0) is 11.3. The molecule has 0 aromatic carbocycles. The van der Waals surface area contributed by atoms with Crippen LogP contribution in [0.25, 0.3) is 0 Å². The van der Waals surface area contributed by atoms with Crippen molar-refractivity contribution in [1.82, 2.24) is 15.1 Å². The lowest BCUT2D eigenvalue weighted by Crippen LogP contribution is -2.27. The first-order valence-electron chi connectivity index (χ1n) is 5.87. The zero-order valence-corrected chi connectivity index (χ0v) is 10.3. The number of hydrogen-bond donors (Lipinski definition) is 1. The van der Waals surface area contributed by atoms with E-state index in [9.17, 15) is 0 Å². The highest BCUT2D eigenvalue weighted by atomic mass is 15.3. The Morgan fingerprint density at radius 3 is 2.73 bits per heavy atom. The van der Waals surface area contributed by atoms with Gasteiger partial charge >= 0.3 is 0 Å². The molecule has 1 N–H and O–H groups in total. The molecule has 0 bridgehead atoms. The molecule has 0 radical (unpaired) electrons. The molecule has 0 aliphatic rings. The molecule has 1 rings (SSSR count). The van der Waals surface area contributed by atoms with E-state index >= 15 is 0 Å². The van der Waals surface area contributed by atoms with Crippen LogP contribution < -0.4 is 5.32 Å². The van der Waals surface area contributed by atoms with E-state index in [0.29, 0.717) is 12.0 Å². The standard InChI is InChI=1S/C12H23N3/c1-5-7-13-9-10(2)12(4)15-8-6-11(3)14-15/h6,8,10,12-13H,5,7,9H2,1-4H3. The molecule has 0 aliphatic carbocycles. The van der Waals surface area contributed by atoms with Crippen molar-refractivity contribution >= 4 is 0 Å². The van der Waals surface area contributed by atoms with E-state index in [-0.39, 0.29) is 0 Å². The number of nitrogens with one attached hydrogen (secondary N) is 1. The Kier molecular flexibility index (Phi) is 4.82. The van der Waals surface area contributed by atoms with Crippen molar-refractivity contribution < 1.29 is 0 Å². The lowest BCUT2D eigenvalue weighted by Gasteiger charge is -2.20. The van der Waals surface area contributed by atoms with E-state index in [1.807, 2.05) is 6.92 Å². The van der Waals surface area contributed by atoms with Gasteiger partial charge in [0, 0.05) is 6.20 Å². The van der Waals surface area contributed by atoms with Crippen LogP contribution in [0, 0.1) is 12.8 Å². The molecule has 1 aromatic rings. The van der Waals surface area contributed by atoms with Gasteiger partial charge in [0.2, 0.25) is 0 Å². The van der Waals surface area contributed by atoms with Gasteiger partial charge in [0.05, 0.1) is 11.7 Å². The highest BCUT2D eigenvalue weighted by molar-refractivity contribution is 4.96. The summed E-state index contributed by atoms with van der Waals surface area (Å²) in [6.45, 7) is 10.9. The van der Waals surface area contributed by atoms with Crippen molar-refractivity contribution in [2.24, 2.45) is 5.92 Å². The monoisotopic (exact) mass is 209 g/mol. The van der Waals surface area contributed by atoms with Crippen LogP contribution in [0.15, 0.2) is 12.3 Å². The fourth-order valence-electron chi connectivity index (χ4n) is 1.60. The molecule has 0 amide bonds. The van der Waals surface area contributed by atoms with Gasteiger partial charge in [0.15, 0.2) is 0 Å². The van der Waals surface area contributed by atoms with Gasteiger partial charge < -0.3 is 5.32 Å². The molecule has 0 saturated heterocycles. The second-order valence-electron chi connectivity index (χ2n) is 4.36. The molecule has 0 aliphatic heterocycles. The summed E-state index contributed by atoms with van der Waals surface area (Å²) in [6.07, 6.45) is 3.26. The van der Waals surface area contributed by atoms with Crippen LogP contribution in [0.4, 0.5) is 0 Å². The van der Waals surface area contributed by atoms with Gasteiger partial charge in [-0.1, -0.05) is 13.8 Å². The van der Waals surface area contributed by atoms with E-state index in [2.05, 4.69) is 48.1 Å². The fraction of sp³-hybridized carbons (Fsp3) is 0.750. The lowest BCUT2D eigenvalue weighted by molar-refractivity contribution is 0.336. The Balaban J connectivity index is 2.42. The molecule has 2 unspecified atom stereocenters. The molecular formula is C12H23N3. The molecule has 0 saturated carbocycles. The van der Waals surface area contributed by atoms with Gasteiger partial charge in [-0.05, 0) is 45.3 Å². The fourth-order valence-corrected chi connectivity index (χ4v) is 1.60. The predicted octanol–water partition coefficient (Wildman–Crippen LogP) is 2.39. The maximum absolute atomic E-state index is 4.45. The maximum atomic E-state index is 4.45. The average Bonchev–Trinajstić information content (AvgIpc) is 2.64. The number of aryl methyl sites for hydroxylation is 1. The molecule has 15 heavy (non-hydrogen) atoms. The second kappa shape index (κ2) is 5.91.